The minimum absolute atomic E-state index is 0.0812. The van der Waals surface area contributed by atoms with E-state index in [-0.39, 0.29) is 17.0 Å². The van der Waals surface area contributed by atoms with Crippen LogP contribution in [0.4, 0.5) is 21.5 Å². The van der Waals surface area contributed by atoms with Gasteiger partial charge in [-0.25, -0.2) is 4.39 Å². The molecule has 8 nitrogen and oxygen atoms in total. The fourth-order valence-electron chi connectivity index (χ4n) is 3.52. The molecule has 0 N–H and O–H groups in total. The molecule has 1 heterocycles. The summed E-state index contributed by atoms with van der Waals surface area (Å²) in [6.07, 6.45) is 1.16. The number of fused-ring (bicyclic) bond motifs is 2. The predicted molar refractivity (Wildman–Crippen MR) is 107 cm³/mol. The number of carbonyl (C=O) groups is 1. The third-order valence-electron chi connectivity index (χ3n) is 4.90. The van der Waals surface area contributed by atoms with Gasteiger partial charge in [0, 0.05) is 17.7 Å². The quantitative estimate of drug-likeness (QED) is 0.338. The number of carbonyl (C=O) groups excluding carboxylic acids is 1. The summed E-state index contributed by atoms with van der Waals surface area (Å²) in [7, 11) is 0. The molecule has 0 atom stereocenters. The highest BCUT2D eigenvalue weighted by Crippen LogP contribution is 2.41. The molecular formula is C21H18FN5O3. The van der Waals surface area contributed by atoms with Crippen LogP contribution in [0.5, 0.6) is 0 Å². The Balaban J connectivity index is 1.73. The topological polar surface area (TPSA) is 103 Å². The summed E-state index contributed by atoms with van der Waals surface area (Å²) in [5.41, 5.74) is 2.19. The lowest BCUT2D eigenvalue weighted by Gasteiger charge is -2.26. The van der Waals surface area contributed by atoms with Gasteiger partial charge in [-0.1, -0.05) is 19.9 Å². The molecule has 30 heavy (non-hydrogen) atoms. The van der Waals surface area contributed by atoms with Crippen molar-refractivity contribution in [3.63, 3.8) is 0 Å². The van der Waals surface area contributed by atoms with Crippen molar-refractivity contribution >= 4 is 23.0 Å². The molecule has 3 aromatic rings. The Hall–Kier alpha value is -3.75. The second-order valence-corrected chi connectivity index (χ2v) is 7.96. The number of halogens is 1. The number of nitrogens with zero attached hydrogens (tertiary/aromatic N) is 5. The molecule has 1 aliphatic carbocycles. The van der Waals surface area contributed by atoms with E-state index in [0.717, 1.165) is 0 Å². The summed E-state index contributed by atoms with van der Waals surface area (Å²) in [4.78, 5) is 23.4. The summed E-state index contributed by atoms with van der Waals surface area (Å²) in [5.74, 6) is -0.800. The number of nitro benzene ring substituents is 1. The van der Waals surface area contributed by atoms with E-state index in [1.807, 2.05) is 0 Å². The normalized spacial score (nSPS) is 14.8. The Kier molecular flexibility index (Phi) is 4.73. The number of non-ortho nitro benzene ring substituents is 1. The number of hydrogen-bond donors (Lipinski definition) is 0. The second-order valence-electron chi connectivity index (χ2n) is 7.96. The maximum absolute atomic E-state index is 13.2. The molecule has 2 aromatic carbocycles. The summed E-state index contributed by atoms with van der Waals surface area (Å²) in [6.45, 7) is 4.14. The molecule has 1 aromatic heterocycles. The van der Waals surface area contributed by atoms with Crippen molar-refractivity contribution in [3.8, 4) is 0 Å². The van der Waals surface area contributed by atoms with Gasteiger partial charge in [-0.3, -0.25) is 14.9 Å². The van der Waals surface area contributed by atoms with Crippen LogP contribution in [-0.4, -0.2) is 20.6 Å². The molecule has 4 rings (SSSR count). The lowest BCUT2D eigenvalue weighted by atomic mass is 9.79. The first kappa shape index (κ1) is 19.6. The standard InChI is InChI=1S/C21H18FN5O3/c1-21(2)11-17-19(24-23-15-4-3-5-16(10-15)27(29)30)18(12-21)26(25-17)20(28)13-6-8-14(22)9-7-13/h3-10H,11-12H2,1-2H3. The van der Waals surface area contributed by atoms with E-state index in [2.05, 4.69) is 29.2 Å². The highest BCUT2D eigenvalue weighted by molar-refractivity contribution is 5.96. The maximum Gasteiger partial charge on any atom is 0.278 e. The molecule has 2 bridgehead atoms. The maximum atomic E-state index is 13.2. The Morgan fingerprint density at radius 1 is 1.17 bits per heavy atom. The molecule has 1 aliphatic rings. The van der Waals surface area contributed by atoms with Crippen LogP contribution in [0.25, 0.3) is 0 Å². The van der Waals surface area contributed by atoms with E-state index in [4.69, 9.17) is 0 Å². The van der Waals surface area contributed by atoms with Gasteiger partial charge in [-0.15, -0.1) is 5.11 Å². The van der Waals surface area contributed by atoms with Gasteiger partial charge < -0.3 is 0 Å². The zero-order valence-corrected chi connectivity index (χ0v) is 16.4. The van der Waals surface area contributed by atoms with Crippen LogP contribution < -0.4 is 0 Å². The summed E-state index contributed by atoms with van der Waals surface area (Å²) < 4.78 is 14.5. The van der Waals surface area contributed by atoms with Gasteiger partial charge in [0.05, 0.1) is 22.0 Å². The highest BCUT2D eigenvalue weighted by Gasteiger charge is 2.35. The Labute approximate surface area is 171 Å². The first-order valence-electron chi connectivity index (χ1n) is 9.31. The summed E-state index contributed by atoms with van der Waals surface area (Å²) in [5, 5.41) is 23.8. The van der Waals surface area contributed by atoms with E-state index < -0.39 is 10.7 Å². The number of rotatable bonds is 4. The largest absolute Gasteiger partial charge is 0.278 e. The zero-order valence-electron chi connectivity index (χ0n) is 16.4. The number of azo groups is 1. The first-order valence-corrected chi connectivity index (χ1v) is 9.31. The lowest BCUT2D eigenvalue weighted by Crippen LogP contribution is -2.23. The number of benzene rings is 2. The minimum Gasteiger partial charge on any atom is -0.267 e. The molecular weight excluding hydrogens is 389 g/mol. The number of hydrogen-bond acceptors (Lipinski definition) is 6. The Morgan fingerprint density at radius 2 is 1.90 bits per heavy atom. The van der Waals surface area contributed by atoms with Crippen molar-refractivity contribution in [2.45, 2.75) is 26.7 Å². The van der Waals surface area contributed by atoms with E-state index in [9.17, 15) is 19.3 Å². The van der Waals surface area contributed by atoms with Gasteiger partial charge >= 0.3 is 0 Å². The summed E-state index contributed by atoms with van der Waals surface area (Å²) >= 11 is 0. The molecule has 0 spiro atoms. The van der Waals surface area contributed by atoms with Crippen LogP contribution in [0, 0.1) is 21.3 Å². The lowest BCUT2D eigenvalue weighted by molar-refractivity contribution is -0.384. The smallest absolute Gasteiger partial charge is 0.267 e. The van der Waals surface area contributed by atoms with Crippen molar-refractivity contribution in [2.24, 2.45) is 15.6 Å². The van der Waals surface area contributed by atoms with Gasteiger partial charge in [0.15, 0.2) is 0 Å². The van der Waals surface area contributed by atoms with E-state index in [1.54, 1.807) is 6.07 Å². The molecule has 0 aliphatic heterocycles. The van der Waals surface area contributed by atoms with Crippen molar-refractivity contribution in [3.05, 3.63) is 81.4 Å². The molecule has 152 valence electrons. The van der Waals surface area contributed by atoms with Gasteiger partial charge in [0.25, 0.3) is 11.6 Å². The van der Waals surface area contributed by atoms with E-state index in [0.29, 0.717) is 41.2 Å². The van der Waals surface area contributed by atoms with Crippen LogP contribution in [-0.2, 0) is 12.8 Å². The number of aromatic nitrogens is 2. The molecule has 0 saturated heterocycles. The zero-order chi connectivity index (χ0) is 21.5. The average molecular weight is 407 g/mol. The van der Waals surface area contributed by atoms with Crippen LogP contribution in [0.2, 0.25) is 0 Å². The average Bonchev–Trinajstić information content (AvgIpc) is 2.93. The second kappa shape index (κ2) is 7.25. The third-order valence-corrected chi connectivity index (χ3v) is 4.90. The molecule has 9 heteroatoms. The highest BCUT2D eigenvalue weighted by atomic mass is 19.1. The van der Waals surface area contributed by atoms with Crippen molar-refractivity contribution in [2.75, 3.05) is 0 Å². The van der Waals surface area contributed by atoms with Crippen molar-refractivity contribution in [1.82, 2.24) is 9.78 Å². The molecule has 0 radical (unpaired) electrons. The summed E-state index contributed by atoms with van der Waals surface area (Å²) in [6, 6.07) is 11.1. The fraction of sp³-hybridized carbons (Fsp3) is 0.238. The molecule has 0 unspecified atom stereocenters. The van der Waals surface area contributed by atoms with Crippen molar-refractivity contribution < 1.29 is 14.1 Å². The SMILES string of the molecule is CC1(C)Cc2nn(C(=O)c3ccc(F)cc3)c(c2N=Nc2cccc([N+](=O)[O-])c2)C1. The third kappa shape index (κ3) is 3.73. The first-order chi connectivity index (χ1) is 14.2. The van der Waals surface area contributed by atoms with Crippen LogP contribution >= 0.6 is 0 Å². The predicted octanol–water partition coefficient (Wildman–Crippen LogP) is 5.16. The van der Waals surface area contributed by atoms with E-state index >= 15 is 0 Å². The van der Waals surface area contributed by atoms with Crippen LogP contribution in [0.1, 0.15) is 35.6 Å². The molecule has 0 saturated carbocycles. The van der Waals surface area contributed by atoms with Crippen LogP contribution in [0.3, 0.4) is 0 Å². The van der Waals surface area contributed by atoms with Crippen LogP contribution in [0.15, 0.2) is 58.8 Å². The molecule has 0 amide bonds. The molecule has 0 fully saturated rings. The van der Waals surface area contributed by atoms with Crippen molar-refractivity contribution in [1.29, 1.82) is 0 Å². The Morgan fingerprint density at radius 3 is 2.60 bits per heavy atom. The van der Waals surface area contributed by atoms with Gasteiger partial charge in [0.2, 0.25) is 0 Å². The monoisotopic (exact) mass is 407 g/mol. The van der Waals surface area contributed by atoms with Gasteiger partial charge in [0.1, 0.15) is 11.5 Å². The van der Waals surface area contributed by atoms with Gasteiger partial charge in [-0.2, -0.15) is 14.9 Å². The van der Waals surface area contributed by atoms with Gasteiger partial charge in [-0.05, 0) is 48.6 Å². The Bertz CT molecular complexity index is 1180. The van der Waals surface area contributed by atoms with E-state index in [1.165, 1.54) is 47.1 Å². The number of nitro groups is 1. The minimum atomic E-state index is -0.499. The fourth-order valence-corrected chi connectivity index (χ4v) is 3.52.